The molecule has 7 rings (SSSR count). The summed E-state index contributed by atoms with van der Waals surface area (Å²) >= 11 is 0. The Morgan fingerprint density at radius 2 is 1.61 bits per heavy atom. The zero-order valence-corrected chi connectivity index (χ0v) is 34.8. The molecule has 8 unspecified atom stereocenters. The second-order valence-electron chi connectivity index (χ2n) is 19.9. The molecule has 2 aromatic rings. The van der Waals surface area contributed by atoms with Crippen LogP contribution < -0.4 is 4.74 Å². The van der Waals surface area contributed by atoms with Gasteiger partial charge in [0.05, 0.1) is 32.0 Å². The summed E-state index contributed by atoms with van der Waals surface area (Å²) in [4.78, 5) is 13.5. The Balaban J connectivity index is 0.869. The molecule has 0 aromatic heterocycles. The van der Waals surface area contributed by atoms with Crippen molar-refractivity contribution in [1.82, 2.24) is 0 Å². The highest BCUT2D eigenvalue weighted by Crippen LogP contribution is 2.67. The van der Waals surface area contributed by atoms with E-state index in [4.69, 9.17) is 18.9 Å². The third-order valence-corrected chi connectivity index (χ3v) is 15.4. The third-order valence-electron chi connectivity index (χ3n) is 15.4. The van der Waals surface area contributed by atoms with Gasteiger partial charge in [0.2, 0.25) is 0 Å². The van der Waals surface area contributed by atoms with E-state index in [0.29, 0.717) is 17.6 Å². The van der Waals surface area contributed by atoms with Gasteiger partial charge in [-0.1, -0.05) is 91.0 Å². The van der Waals surface area contributed by atoms with Crippen molar-refractivity contribution in [3.8, 4) is 5.75 Å². The van der Waals surface area contributed by atoms with Crippen LogP contribution in [0.2, 0.25) is 0 Å². The second-order valence-corrected chi connectivity index (χ2v) is 19.9. The van der Waals surface area contributed by atoms with Crippen LogP contribution in [0.1, 0.15) is 148 Å². The highest BCUT2D eigenvalue weighted by Gasteiger charge is 2.59. The highest BCUT2D eigenvalue weighted by atomic mass is 16.5. The minimum absolute atomic E-state index is 0.0327. The fraction of sp³-hybridized carbons (Fsp3) is 0.735. The Hall–Kier alpha value is -2.37. The van der Waals surface area contributed by atoms with Crippen LogP contribution in [0, 0.1) is 51.8 Å². The van der Waals surface area contributed by atoms with Crippen LogP contribution in [0.25, 0.3) is 10.8 Å². The summed E-state index contributed by atoms with van der Waals surface area (Å²) in [6.45, 7) is 18.8. The largest absolute Gasteiger partial charge is 0.494 e. The number of hydrogen-bond donors (Lipinski definition) is 0. The van der Waals surface area contributed by atoms with Crippen LogP contribution >= 0.6 is 0 Å². The third kappa shape index (κ3) is 8.63. The quantitative estimate of drug-likeness (QED) is 0.0918. The molecule has 8 atom stereocenters. The number of unbranched alkanes of at least 4 members (excludes halogenated alkanes) is 3. The molecule has 4 aliphatic carbocycles. The zero-order chi connectivity index (χ0) is 37.9. The van der Waals surface area contributed by atoms with Crippen molar-refractivity contribution in [3.05, 3.63) is 53.6 Å². The van der Waals surface area contributed by atoms with Gasteiger partial charge in [0.25, 0.3) is 0 Å². The Morgan fingerprint density at radius 3 is 2.39 bits per heavy atom. The van der Waals surface area contributed by atoms with Crippen LogP contribution in [0.3, 0.4) is 0 Å². The lowest BCUT2D eigenvalue weighted by Gasteiger charge is -2.58. The fourth-order valence-electron chi connectivity index (χ4n) is 12.1. The lowest BCUT2D eigenvalue weighted by atomic mass is 9.47. The molecule has 1 aliphatic heterocycles. The minimum atomic E-state index is -0.190. The molecule has 54 heavy (non-hydrogen) atoms. The van der Waals surface area contributed by atoms with E-state index in [2.05, 4.69) is 59.8 Å². The maximum atomic E-state index is 13.5. The molecule has 2 aromatic carbocycles. The zero-order valence-electron chi connectivity index (χ0n) is 34.8. The maximum absolute atomic E-state index is 13.5. The molecule has 0 spiro atoms. The summed E-state index contributed by atoms with van der Waals surface area (Å²) in [6.07, 6.45) is 21.1. The lowest BCUT2D eigenvalue weighted by molar-refractivity contribution is -0.137. The van der Waals surface area contributed by atoms with E-state index in [0.717, 1.165) is 123 Å². The average Bonchev–Trinajstić information content (AvgIpc) is 3.50. The van der Waals surface area contributed by atoms with Gasteiger partial charge in [-0.15, -0.1) is 0 Å². The normalized spacial score (nSPS) is 31.9. The summed E-state index contributed by atoms with van der Waals surface area (Å²) in [6, 6.07) is 12.1. The molecule has 3 saturated carbocycles. The van der Waals surface area contributed by atoms with Crippen molar-refractivity contribution in [1.29, 1.82) is 0 Å². The van der Waals surface area contributed by atoms with Crippen LogP contribution in [0.4, 0.5) is 0 Å². The monoisotopic (exact) mass is 741 g/mol. The molecule has 0 radical (unpaired) electrons. The first-order valence-corrected chi connectivity index (χ1v) is 22.2. The van der Waals surface area contributed by atoms with Crippen LogP contribution in [-0.2, 0) is 14.2 Å². The number of fused-ring (bicyclic) bond motifs is 6. The van der Waals surface area contributed by atoms with Gasteiger partial charge in [-0.2, -0.15) is 0 Å². The summed E-state index contributed by atoms with van der Waals surface area (Å²) in [5.74, 6) is 5.73. The van der Waals surface area contributed by atoms with Gasteiger partial charge in [-0.3, -0.25) is 0 Å². The van der Waals surface area contributed by atoms with E-state index in [9.17, 15) is 4.79 Å². The van der Waals surface area contributed by atoms with Gasteiger partial charge in [-0.25, -0.2) is 4.79 Å². The van der Waals surface area contributed by atoms with Crippen LogP contribution in [0.5, 0.6) is 5.75 Å². The van der Waals surface area contributed by atoms with Gasteiger partial charge in [0.1, 0.15) is 11.9 Å². The number of esters is 1. The second kappa shape index (κ2) is 17.0. The van der Waals surface area contributed by atoms with E-state index in [1.807, 2.05) is 24.3 Å². The van der Waals surface area contributed by atoms with E-state index < -0.39 is 0 Å². The van der Waals surface area contributed by atoms with Gasteiger partial charge >= 0.3 is 5.97 Å². The molecular formula is C49H72O5. The average molecular weight is 741 g/mol. The molecule has 1 saturated heterocycles. The van der Waals surface area contributed by atoms with Gasteiger partial charge < -0.3 is 18.9 Å². The van der Waals surface area contributed by atoms with Crippen LogP contribution in [0.15, 0.2) is 48.0 Å². The number of carbonyl (C=O) groups is 1. The molecular weight excluding hydrogens is 669 g/mol. The summed E-state index contributed by atoms with van der Waals surface area (Å²) in [5.41, 5.74) is 3.23. The molecule has 4 fully saturated rings. The van der Waals surface area contributed by atoms with Gasteiger partial charge in [-0.05, 0) is 146 Å². The Morgan fingerprint density at radius 1 is 0.833 bits per heavy atom. The smallest absolute Gasteiger partial charge is 0.338 e. The summed E-state index contributed by atoms with van der Waals surface area (Å²) < 4.78 is 23.5. The molecule has 0 N–H and O–H groups in total. The van der Waals surface area contributed by atoms with E-state index in [1.54, 1.807) is 5.57 Å². The van der Waals surface area contributed by atoms with Crippen molar-refractivity contribution >= 4 is 16.7 Å². The molecule has 0 bridgehead atoms. The molecule has 1 heterocycles. The summed E-state index contributed by atoms with van der Waals surface area (Å²) in [7, 11) is 0. The van der Waals surface area contributed by atoms with E-state index in [1.165, 1.54) is 51.4 Å². The van der Waals surface area contributed by atoms with Crippen molar-refractivity contribution < 1.29 is 23.7 Å². The Kier molecular flexibility index (Phi) is 12.6. The number of carbonyl (C=O) groups excluding carboxylic acids is 1. The van der Waals surface area contributed by atoms with Gasteiger partial charge in [0.15, 0.2) is 0 Å². The highest BCUT2D eigenvalue weighted by molar-refractivity contribution is 5.95. The van der Waals surface area contributed by atoms with Crippen LogP contribution in [-0.4, -0.2) is 45.1 Å². The molecule has 298 valence electrons. The van der Waals surface area contributed by atoms with Crippen molar-refractivity contribution in [2.75, 3.05) is 33.0 Å². The topological polar surface area (TPSA) is 54.0 Å². The first-order valence-electron chi connectivity index (χ1n) is 22.2. The standard InChI is InChI=1S/C49H72O5/c1-34(2)12-11-13-35(3)43-20-21-44-42-19-17-39-30-41(22-24-48(39,5)45(42)23-25-49(43,44)6)54-46(50)38-15-14-37-29-40(18-16-36(37)28-38)53-27-10-8-7-9-26-51-31-47(4)32-52-33-47/h14-18,28-29,34-35,41-45H,7-13,19-27,30-33H2,1-6H3. The fourth-order valence-corrected chi connectivity index (χ4v) is 12.1. The number of ether oxygens (including phenoxy) is 4. The summed E-state index contributed by atoms with van der Waals surface area (Å²) in [5, 5.41) is 2.12. The predicted molar refractivity (Wildman–Crippen MR) is 220 cm³/mol. The van der Waals surface area contributed by atoms with E-state index in [-0.39, 0.29) is 22.9 Å². The van der Waals surface area contributed by atoms with Crippen molar-refractivity contribution in [3.63, 3.8) is 0 Å². The van der Waals surface area contributed by atoms with Crippen molar-refractivity contribution in [2.45, 2.75) is 144 Å². The minimum Gasteiger partial charge on any atom is -0.494 e. The van der Waals surface area contributed by atoms with E-state index >= 15 is 0 Å². The number of benzene rings is 2. The number of rotatable bonds is 17. The molecule has 5 aliphatic rings. The number of hydrogen-bond acceptors (Lipinski definition) is 5. The number of allylic oxidation sites excluding steroid dienone is 1. The first kappa shape index (κ1) is 39.8. The first-order chi connectivity index (χ1) is 26.0. The molecule has 0 amide bonds. The SMILES string of the molecule is CC(C)CCCC(C)C1CCC2C3CC=C4CC(OC(=O)c5ccc6cc(OCCCCCCOCC7(C)COC7)ccc6c5)CCC4(C)C3CCC12C. The maximum Gasteiger partial charge on any atom is 0.338 e. The van der Waals surface area contributed by atoms with Crippen molar-refractivity contribution in [2.24, 2.45) is 51.8 Å². The predicted octanol–water partition coefficient (Wildman–Crippen LogP) is 12.4. The Bertz CT molecular complexity index is 1610. The molecule has 5 nitrogen and oxygen atoms in total. The molecule has 5 heteroatoms. The Labute approximate surface area is 327 Å². The lowest BCUT2D eigenvalue weighted by Crippen LogP contribution is -2.51. The van der Waals surface area contributed by atoms with Gasteiger partial charge in [0, 0.05) is 18.4 Å².